The largest absolute Gasteiger partial charge is 0.372 e. The van der Waals surface area contributed by atoms with Crippen LogP contribution in [0.25, 0.3) is 0 Å². The van der Waals surface area contributed by atoms with Crippen molar-refractivity contribution >= 4 is 29.1 Å². The number of fused-ring (bicyclic) bond motifs is 1. The molecule has 1 saturated heterocycles. The summed E-state index contributed by atoms with van der Waals surface area (Å²) in [6, 6.07) is 6.16. The molecule has 1 fully saturated rings. The molecule has 3 rings (SSSR count). The number of anilines is 1. The van der Waals surface area contributed by atoms with E-state index in [2.05, 4.69) is 30.3 Å². The molecule has 1 unspecified atom stereocenters. The molecule has 1 atom stereocenters. The van der Waals surface area contributed by atoms with E-state index in [0.29, 0.717) is 10.8 Å². The van der Waals surface area contributed by atoms with Crippen LogP contribution in [0.2, 0.25) is 5.02 Å². The van der Waals surface area contributed by atoms with Gasteiger partial charge in [-0.2, -0.15) is 0 Å². The first-order valence-electron chi connectivity index (χ1n) is 6.48. The van der Waals surface area contributed by atoms with Crippen molar-refractivity contribution in [3.63, 3.8) is 0 Å². The Kier molecular flexibility index (Phi) is 3.25. The Morgan fingerprint density at radius 2 is 2.11 bits per heavy atom. The van der Waals surface area contributed by atoms with Gasteiger partial charge in [0, 0.05) is 9.92 Å². The summed E-state index contributed by atoms with van der Waals surface area (Å²) in [7, 11) is 2.21. The third-order valence-electron chi connectivity index (χ3n) is 4.24. The standard InChI is InChI=1S/C14H19ClN2S/c1-14(5-7-17(2)8-6-14)13-16-11-9-10(15)3-4-12(11)18-13/h3-4,9,13,16H,5-8H2,1-2H3. The second kappa shape index (κ2) is 4.62. The Bertz CT molecular complexity index is 455. The average Bonchev–Trinajstić information content (AvgIpc) is 2.77. The highest BCUT2D eigenvalue weighted by Gasteiger charge is 2.40. The molecule has 2 aliphatic rings. The number of nitrogens with zero attached hydrogens (tertiary/aromatic N) is 1. The number of rotatable bonds is 1. The molecule has 0 bridgehead atoms. The van der Waals surface area contributed by atoms with E-state index < -0.39 is 0 Å². The molecule has 1 aromatic carbocycles. The zero-order valence-corrected chi connectivity index (χ0v) is 12.4. The molecule has 0 aromatic heterocycles. The molecule has 0 spiro atoms. The predicted octanol–water partition coefficient (Wildman–Crippen LogP) is 3.92. The molecule has 0 amide bonds. The van der Waals surface area contributed by atoms with Gasteiger partial charge in [-0.3, -0.25) is 0 Å². The highest BCUT2D eigenvalue weighted by molar-refractivity contribution is 8.00. The van der Waals surface area contributed by atoms with Crippen molar-refractivity contribution in [2.24, 2.45) is 5.41 Å². The minimum absolute atomic E-state index is 0.378. The second-order valence-corrected chi connectivity index (χ2v) is 7.32. The summed E-state index contributed by atoms with van der Waals surface area (Å²) in [5.74, 6) is 0. The summed E-state index contributed by atoms with van der Waals surface area (Å²) in [5.41, 5.74) is 1.58. The molecular weight excluding hydrogens is 264 g/mol. The fourth-order valence-electron chi connectivity index (χ4n) is 2.72. The van der Waals surface area contributed by atoms with Gasteiger partial charge in [-0.1, -0.05) is 30.3 Å². The van der Waals surface area contributed by atoms with Crippen LogP contribution < -0.4 is 5.32 Å². The van der Waals surface area contributed by atoms with E-state index in [9.17, 15) is 0 Å². The van der Waals surface area contributed by atoms with Gasteiger partial charge in [0.2, 0.25) is 0 Å². The number of halogens is 1. The Hall–Kier alpha value is -0.380. The van der Waals surface area contributed by atoms with Gasteiger partial charge in [0.15, 0.2) is 0 Å². The van der Waals surface area contributed by atoms with Gasteiger partial charge in [-0.15, -0.1) is 0 Å². The number of nitrogens with one attached hydrogen (secondary N) is 1. The van der Waals surface area contributed by atoms with E-state index in [1.54, 1.807) is 0 Å². The average molecular weight is 283 g/mol. The van der Waals surface area contributed by atoms with Crippen molar-refractivity contribution in [2.75, 3.05) is 25.5 Å². The summed E-state index contributed by atoms with van der Waals surface area (Å²) < 4.78 is 0. The van der Waals surface area contributed by atoms with E-state index in [0.717, 1.165) is 5.02 Å². The van der Waals surface area contributed by atoms with Crippen molar-refractivity contribution in [3.8, 4) is 0 Å². The van der Waals surface area contributed by atoms with Gasteiger partial charge >= 0.3 is 0 Å². The van der Waals surface area contributed by atoms with E-state index in [-0.39, 0.29) is 0 Å². The van der Waals surface area contributed by atoms with Gasteiger partial charge in [0.05, 0.1) is 11.1 Å². The molecule has 1 aromatic rings. The van der Waals surface area contributed by atoms with Crippen LogP contribution in [0.4, 0.5) is 5.69 Å². The molecule has 98 valence electrons. The van der Waals surface area contributed by atoms with Gasteiger partial charge in [-0.25, -0.2) is 0 Å². The van der Waals surface area contributed by atoms with E-state index in [4.69, 9.17) is 11.6 Å². The maximum absolute atomic E-state index is 6.05. The number of hydrogen-bond acceptors (Lipinski definition) is 3. The maximum Gasteiger partial charge on any atom is 0.0824 e. The fraction of sp³-hybridized carbons (Fsp3) is 0.571. The molecule has 2 heterocycles. The Balaban J connectivity index is 1.77. The predicted molar refractivity (Wildman–Crippen MR) is 79.6 cm³/mol. The summed E-state index contributed by atoms with van der Waals surface area (Å²) in [4.78, 5) is 3.76. The first kappa shape index (κ1) is 12.6. The molecular formula is C14H19ClN2S. The molecule has 2 aliphatic heterocycles. The number of benzene rings is 1. The monoisotopic (exact) mass is 282 g/mol. The topological polar surface area (TPSA) is 15.3 Å². The molecule has 2 nitrogen and oxygen atoms in total. The Morgan fingerprint density at radius 1 is 1.39 bits per heavy atom. The van der Waals surface area contributed by atoms with Crippen LogP contribution in [-0.4, -0.2) is 30.4 Å². The number of hydrogen-bond donors (Lipinski definition) is 1. The highest BCUT2D eigenvalue weighted by atomic mass is 35.5. The lowest BCUT2D eigenvalue weighted by atomic mass is 9.80. The molecule has 18 heavy (non-hydrogen) atoms. The van der Waals surface area contributed by atoms with Crippen molar-refractivity contribution in [1.29, 1.82) is 0 Å². The van der Waals surface area contributed by atoms with Gasteiger partial charge < -0.3 is 10.2 Å². The number of likely N-dealkylation sites (tertiary alicyclic amines) is 1. The summed E-state index contributed by atoms with van der Waals surface area (Å²) in [6.07, 6.45) is 2.52. The lowest BCUT2D eigenvalue weighted by Gasteiger charge is -2.41. The van der Waals surface area contributed by atoms with Crippen LogP contribution in [0, 0.1) is 5.41 Å². The SMILES string of the molecule is CN1CCC(C)(C2Nc3cc(Cl)ccc3S2)CC1. The molecule has 0 saturated carbocycles. The van der Waals surface area contributed by atoms with Gasteiger partial charge in [0.25, 0.3) is 0 Å². The summed E-state index contributed by atoms with van der Waals surface area (Å²) in [6.45, 7) is 4.82. The third-order valence-corrected chi connectivity index (χ3v) is 6.00. The van der Waals surface area contributed by atoms with Gasteiger partial charge in [0.1, 0.15) is 0 Å². The molecule has 0 aliphatic carbocycles. The lowest BCUT2D eigenvalue weighted by molar-refractivity contribution is 0.143. The lowest BCUT2D eigenvalue weighted by Crippen LogP contribution is -2.43. The first-order chi connectivity index (χ1) is 8.57. The quantitative estimate of drug-likeness (QED) is 0.841. The van der Waals surface area contributed by atoms with E-state index in [1.165, 1.54) is 36.5 Å². The Labute approximate surface area is 118 Å². The molecule has 1 N–H and O–H groups in total. The zero-order chi connectivity index (χ0) is 12.8. The van der Waals surface area contributed by atoms with Crippen molar-refractivity contribution in [2.45, 2.75) is 30.0 Å². The third kappa shape index (κ3) is 2.24. The first-order valence-corrected chi connectivity index (χ1v) is 7.74. The minimum Gasteiger partial charge on any atom is -0.372 e. The molecule has 0 radical (unpaired) electrons. The van der Waals surface area contributed by atoms with Crippen molar-refractivity contribution in [3.05, 3.63) is 23.2 Å². The van der Waals surface area contributed by atoms with E-state index in [1.807, 2.05) is 23.9 Å². The van der Waals surface area contributed by atoms with E-state index >= 15 is 0 Å². The van der Waals surface area contributed by atoms with Crippen LogP contribution in [0.5, 0.6) is 0 Å². The van der Waals surface area contributed by atoms with Crippen LogP contribution in [0.3, 0.4) is 0 Å². The van der Waals surface area contributed by atoms with Crippen LogP contribution in [-0.2, 0) is 0 Å². The number of piperidine rings is 1. The second-order valence-electron chi connectivity index (χ2n) is 5.74. The normalized spacial score (nSPS) is 26.7. The van der Waals surface area contributed by atoms with Crippen LogP contribution in [0.15, 0.2) is 23.1 Å². The maximum atomic E-state index is 6.05. The summed E-state index contributed by atoms with van der Waals surface area (Å²) in [5, 5.41) is 4.96. The van der Waals surface area contributed by atoms with Crippen molar-refractivity contribution in [1.82, 2.24) is 4.90 Å². The number of thioether (sulfide) groups is 1. The smallest absolute Gasteiger partial charge is 0.0824 e. The minimum atomic E-state index is 0.378. The van der Waals surface area contributed by atoms with Crippen LogP contribution >= 0.6 is 23.4 Å². The zero-order valence-electron chi connectivity index (χ0n) is 10.9. The van der Waals surface area contributed by atoms with Gasteiger partial charge in [-0.05, 0) is 56.6 Å². The Morgan fingerprint density at radius 3 is 2.83 bits per heavy atom. The highest BCUT2D eigenvalue weighted by Crippen LogP contribution is 2.49. The fourth-order valence-corrected chi connectivity index (χ4v) is 4.25. The van der Waals surface area contributed by atoms with Crippen LogP contribution in [0.1, 0.15) is 19.8 Å². The summed E-state index contributed by atoms with van der Waals surface area (Å²) >= 11 is 8.02. The molecule has 4 heteroatoms. The van der Waals surface area contributed by atoms with Crippen molar-refractivity contribution < 1.29 is 0 Å².